The van der Waals surface area contributed by atoms with Crippen LogP contribution in [0.5, 0.6) is 0 Å². The summed E-state index contributed by atoms with van der Waals surface area (Å²) in [5.74, 6) is 0. The summed E-state index contributed by atoms with van der Waals surface area (Å²) in [6.07, 6.45) is 6.97. The zero-order valence-corrected chi connectivity index (χ0v) is 13.9. The van der Waals surface area contributed by atoms with Crippen LogP contribution in [0.1, 0.15) is 44.6 Å². The Labute approximate surface area is 126 Å². The maximum Gasteiger partial charge on any atom is 0.0368 e. The van der Waals surface area contributed by atoms with Crippen molar-refractivity contribution in [3.63, 3.8) is 0 Å². The van der Waals surface area contributed by atoms with Crippen LogP contribution in [-0.4, -0.2) is 18.4 Å². The molecule has 1 aromatic rings. The molecule has 0 heterocycles. The van der Waals surface area contributed by atoms with Gasteiger partial charge < -0.3 is 4.90 Å². The van der Waals surface area contributed by atoms with Crippen molar-refractivity contribution in [1.82, 2.24) is 0 Å². The summed E-state index contributed by atoms with van der Waals surface area (Å²) in [4.78, 5) is 2.56. The molecular weight excluding hydrogens is 298 g/mol. The second-order valence-corrected chi connectivity index (χ2v) is 6.61. The first-order valence-corrected chi connectivity index (χ1v) is 8.69. The van der Waals surface area contributed by atoms with E-state index >= 15 is 0 Å². The molecule has 0 aliphatic heterocycles. The van der Waals surface area contributed by atoms with E-state index < -0.39 is 0 Å². The van der Waals surface area contributed by atoms with Crippen LogP contribution in [0.2, 0.25) is 0 Å². The molecule has 1 saturated carbocycles. The summed E-state index contributed by atoms with van der Waals surface area (Å²) < 4.78 is 0. The number of rotatable bonds is 5. The lowest BCUT2D eigenvalue weighted by Gasteiger charge is -2.40. The lowest BCUT2D eigenvalue weighted by Crippen LogP contribution is -2.40. The molecule has 0 saturated heterocycles. The minimum Gasteiger partial charge on any atom is -0.371 e. The Morgan fingerprint density at radius 2 is 1.95 bits per heavy atom. The molecule has 0 atom stereocenters. The molecule has 0 spiro atoms. The highest BCUT2D eigenvalue weighted by Crippen LogP contribution is 2.39. The molecule has 0 aromatic heterocycles. The SMILES string of the molecule is CCN(CC1(CBr)CCCCC1)c1cccc(C)c1. The maximum atomic E-state index is 3.79. The van der Waals surface area contributed by atoms with Crippen LogP contribution in [0.25, 0.3) is 0 Å². The molecule has 2 rings (SSSR count). The fraction of sp³-hybridized carbons (Fsp3) is 0.647. The van der Waals surface area contributed by atoms with Crippen LogP contribution in [-0.2, 0) is 0 Å². The van der Waals surface area contributed by atoms with Crippen LogP contribution >= 0.6 is 15.9 Å². The number of anilines is 1. The minimum atomic E-state index is 0.484. The van der Waals surface area contributed by atoms with Gasteiger partial charge in [-0.1, -0.05) is 47.3 Å². The molecule has 0 radical (unpaired) electrons. The van der Waals surface area contributed by atoms with E-state index in [0.717, 1.165) is 11.9 Å². The fourth-order valence-electron chi connectivity index (χ4n) is 3.25. The molecule has 19 heavy (non-hydrogen) atoms. The van der Waals surface area contributed by atoms with Crippen LogP contribution < -0.4 is 4.90 Å². The Morgan fingerprint density at radius 1 is 1.21 bits per heavy atom. The van der Waals surface area contributed by atoms with Crippen LogP contribution in [0.15, 0.2) is 24.3 Å². The van der Waals surface area contributed by atoms with Crippen molar-refractivity contribution < 1.29 is 0 Å². The van der Waals surface area contributed by atoms with Crippen molar-refractivity contribution in [3.05, 3.63) is 29.8 Å². The Kier molecular flexibility index (Phi) is 5.32. The van der Waals surface area contributed by atoms with Crippen LogP contribution in [0.4, 0.5) is 5.69 Å². The highest BCUT2D eigenvalue weighted by atomic mass is 79.9. The van der Waals surface area contributed by atoms with Crippen LogP contribution in [0.3, 0.4) is 0 Å². The summed E-state index contributed by atoms with van der Waals surface area (Å²) in [6.45, 7) is 6.74. The van der Waals surface area contributed by atoms with E-state index in [4.69, 9.17) is 0 Å². The van der Waals surface area contributed by atoms with Crippen molar-refractivity contribution in [3.8, 4) is 0 Å². The molecular formula is C17H26BrN. The predicted octanol–water partition coefficient (Wildman–Crippen LogP) is 5.17. The van der Waals surface area contributed by atoms with E-state index in [1.807, 2.05) is 0 Å². The monoisotopic (exact) mass is 323 g/mol. The van der Waals surface area contributed by atoms with Gasteiger partial charge in [-0.25, -0.2) is 0 Å². The quantitative estimate of drug-likeness (QED) is 0.676. The molecule has 0 bridgehead atoms. The minimum absolute atomic E-state index is 0.484. The lowest BCUT2D eigenvalue weighted by atomic mass is 9.75. The highest BCUT2D eigenvalue weighted by molar-refractivity contribution is 9.09. The number of alkyl halides is 1. The first-order valence-electron chi connectivity index (χ1n) is 7.57. The fourth-order valence-corrected chi connectivity index (χ4v) is 3.99. The number of hydrogen-bond acceptors (Lipinski definition) is 1. The Bertz CT molecular complexity index is 396. The predicted molar refractivity (Wildman–Crippen MR) is 88.4 cm³/mol. The van der Waals surface area contributed by atoms with Gasteiger partial charge in [-0.3, -0.25) is 0 Å². The van der Waals surface area contributed by atoms with Crippen molar-refractivity contribution in [2.75, 3.05) is 23.3 Å². The van der Waals surface area contributed by atoms with Gasteiger partial charge in [0, 0.05) is 24.1 Å². The van der Waals surface area contributed by atoms with Crippen molar-refractivity contribution in [1.29, 1.82) is 0 Å². The number of benzene rings is 1. The van der Waals surface area contributed by atoms with Gasteiger partial charge in [0.05, 0.1) is 0 Å². The van der Waals surface area contributed by atoms with Gasteiger partial charge in [-0.05, 0) is 49.8 Å². The van der Waals surface area contributed by atoms with Gasteiger partial charge in [0.1, 0.15) is 0 Å². The summed E-state index contributed by atoms with van der Waals surface area (Å²) in [7, 11) is 0. The molecule has 1 aliphatic rings. The van der Waals surface area contributed by atoms with Crippen LogP contribution in [0, 0.1) is 12.3 Å². The molecule has 106 valence electrons. The van der Waals surface area contributed by atoms with E-state index in [0.29, 0.717) is 5.41 Å². The van der Waals surface area contributed by atoms with Gasteiger partial charge >= 0.3 is 0 Å². The molecule has 0 N–H and O–H groups in total. The molecule has 1 fully saturated rings. The van der Waals surface area contributed by atoms with Gasteiger partial charge in [0.15, 0.2) is 0 Å². The number of hydrogen-bond donors (Lipinski definition) is 0. The van der Waals surface area contributed by atoms with Gasteiger partial charge in [0.25, 0.3) is 0 Å². The van der Waals surface area contributed by atoms with E-state index in [9.17, 15) is 0 Å². The number of aryl methyl sites for hydroxylation is 1. The topological polar surface area (TPSA) is 3.24 Å². The summed E-state index contributed by atoms with van der Waals surface area (Å²) >= 11 is 3.79. The number of nitrogens with zero attached hydrogens (tertiary/aromatic N) is 1. The zero-order chi connectivity index (χ0) is 13.7. The average molecular weight is 324 g/mol. The largest absolute Gasteiger partial charge is 0.371 e. The third kappa shape index (κ3) is 3.75. The Balaban J connectivity index is 2.13. The van der Waals surface area contributed by atoms with Gasteiger partial charge in [-0.2, -0.15) is 0 Å². The maximum absolute atomic E-state index is 3.79. The molecule has 0 amide bonds. The van der Waals surface area contributed by atoms with Gasteiger partial charge in [-0.15, -0.1) is 0 Å². The second kappa shape index (κ2) is 6.78. The smallest absolute Gasteiger partial charge is 0.0368 e. The number of halogens is 1. The average Bonchev–Trinajstić information content (AvgIpc) is 2.46. The van der Waals surface area contributed by atoms with Gasteiger partial charge in [0.2, 0.25) is 0 Å². The molecule has 1 nitrogen and oxygen atoms in total. The van der Waals surface area contributed by atoms with E-state index in [-0.39, 0.29) is 0 Å². The third-order valence-corrected chi connectivity index (χ3v) is 5.66. The summed E-state index contributed by atoms with van der Waals surface area (Å²) in [6, 6.07) is 8.92. The summed E-state index contributed by atoms with van der Waals surface area (Å²) in [5.41, 5.74) is 3.22. The molecule has 2 heteroatoms. The summed E-state index contributed by atoms with van der Waals surface area (Å²) in [5, 5.41) is 1.14. The van der Waals surface area contributed by atoms with Crippen molar-refractivity contribution in [2.24, 2.45) is 5.41 Å². The normalized spacial score (nSPS) is 18.3. The van der Waals surface area contributed by atoms with E-state index in [2.05, 4.69) is 58.9 Å². The Morgan fingerprint density at radius 3 is 2.53 bits per heavy atom. The standard InChI is InChI=1S/C17H26BrN/c1-3-19(16-9-7-8-15(2)12-16)14-17(13-18)10-5-4-6-11-17/h7-9,12H,3-6,10-11,13-14H2,1-2H3. The first-order chi connectivity index (χ1) is 9.19. The second-order valence-electron chi connectivity index (χ2n) is 6.05. The third-order valence-electron chi connectivity index (χ3n) is 4.47. The van der Waals surface area contributed by atoms with Crippen molar-refractivity contribution in [2.45, 2.75) is 46.0 Å². The molecule has 1 aromatic carbocycles. The molecule has 1 aliphatic carbocycles. The first kappa shape index (κ1) is 14.9. The Hall–Kier alpha value is -0.500. The molecule has 0 unspecified atom stereocenters. The van der Waals surface area contributed by atoms with E-state index in [1.54, 1.807) is 0 Å². The van der Waals surface area contributed by atoms with E-state index in [1.165, 1.54) is 49.9 Å². The van der Waals surface area contributed by atoms with Crippen molar-refractivity contribution >= 4 is 21.6 Å². The highest BCUT2D eigenvalue weighted by Gasteiger charge is 2.32. The zero-order valence-electron chi connectivity index (χ0n) is 12.3. The lowest BCUT2D eigenvalue weighted by molar-refractivity contribution is 0.229.